The Morgan fingerprint density at radius 1 is 0.897 bits per heavy atom. The van der Waals surface area contributed by atoms with Gasteiger partial charge in [-0.2, -0.15) is 0 Å². The van der Waals surface area contributed by atoms with Gasteiger partial charge in [0.1, 0.15) is 12.6 Å². The predicted octanol–water partition coefficient (Wildman–Crippen LogP) is 5.83. The topological polar surface area (TPSA) is 86.8 Å². The molecule has 208 valence electrons. The second kappa shape index (κ2) is 13.3. The Morgan fingerprint density at radius 2 is 1.51 bits per heavy atom. The lowest BCUT2D eigenvalue weighted by Gasteiger charge is -2.33. The summed E-state index contributed by atoms with van der Waals surface area (Å²) < 4.78 is 28.8. The summed E-state index contributed by atoms with van der Waals surface area (Å²) >= 11 is 12.7. The van der Waals surface area contributed by atoms with Crippen LogP contribution < -0.4 is 9.62 Å². The van der Waals surface area contributed by atoms with E-state index >= 15 is 0 Å². The van der Waals surface area contributed by atoms with Gasteiger partial charge >= 0.3 is 0 Å². The van der Waals surface area contributed by atoms with Crippen LogP contribution in [0, 0.1) is 6.92 Å². The van der Waals surface area contributed by atoms with Crippen LogP contribution in [0.25, 0.3) is 0 Å². The molecule has 3 rings (SSSR count). The number of nitrogens with zero attached hydrogens (tertiary/aromatic N) is 2. The van der Waals surface area contributed by atoms with E-state index in [1.54, 1.807) is 74.5 Å². The molecule has 0 heterocycles. The largest absolute Gasteiger partial charge is 0.352 e. The van der Waals surface area contributed by atoms with Gasteiger partial charge in [-0.3, -0.25) is 13.9 Å². The highest BCUT2D eigenvalue weighted by molar-refractivity contribution is 7.92. The fourth-order valence-electron chi connectivity index (χ4n) is 3.96. The highest BCUT2D eigenvalue weighted by Gasteiger charge is 2.33. The van der Waals surface area contributed by atoms with Crippen LogP contribution in [0.15, 0.2) is 77.7 Å². The maximum absolute atomic E-state index is 14.0. The van der Waals surface area contributed by atoms with E-state index < -0.39 is 28.5 Å². The van der Waals surface area contributed by atoms with E-state index in [2.05, 4.69) is 5.32 Å². The number of carbonyl (C=O) groups excluding carboxylic acids is 2. The van der Waals surface area contributed by atoms with E-state index in [-0.39, 0.29) is 29.1 Å². The molecule has 3 aromatic carbocycles. The molecule has 39 heavy (non-hydrogen) atoms. The maximum atomic E-state index is 14.0. The second-order valence-electron chi connectivity index (χ2n) is 9.32. The Balaban J connectivity index is 2.07. The average molecular weight is 591 g/mol. The lowest BCUT2D eigenvalue weighted by molar-refractivity contribution is -0.139. The van der Waals surface area contributed by atoms with Gasteiger partial charge in [0.2, 0.25) is 11.8 Å². The molecule has 0 saturated carbocycles. The molecule has 0 aliphatic carbocycles. The lowest BCUT2D eigenvalue weighted by Crippen LogP contribution is -2.52. The molecule has 0 radical (unpaired) electrons. The van der Waals surface area contributed by atoms with Crippen molar-refractivity contribution in [1.82, 2.24) is 10.2 Å². The third-order valence-corrected chi connectivity index (χ3v) is 9.14. The van der Waals surface area contributed by atoms with E-state index in [4.69, 9.17) is 23.2 Å². The molecule has 0 aliphatic rings. The first-order valence-electron chi connectivity index (χ1n) is 12.6. The first-order chi connectivity index (χ1) is 18.5. The summed E-state index contributed by atoms with van der Waals surface area (Å²) in [7, 11) is -4.17. The van der Waals surface area contributed by atoms with Gasteiger partial charge in [-0.05, 0) is 68.7 Å². The molecule has 0 saturated heterocycles. The standard InChI is InChI=1S/C29H33Cl2N3O4S/c1-5-20(2)32-29(36)22(4)33(18-23-12-9-10-15-26(23)31)28(35)19-34(27-17-11-16-25(30)21(27)3)39(37,38)24-13-7-6-8-14-24/h6-17,20,22H,5,18-19H2,1-4H3,(H,32,36)/t20-,22+/m0/s1. The van der Waals surface area contributed by atoms with Gasteiger partial charge < -0.3 is 10.2 Å². The first-order valence-corrected chi connectivity index (χ1v) is 14.8. The van der Waals surface area contributed by atoms with Crippen molar-refractivity contribution >= 4 is 50.7 Å². The zero-order valence-corrected chi connectivity index (χ0v) is 24.7. The minimum atomic E-state index is -4.17. The molecule has 0 fully saturated rings. The quantitative estimate of drug-likeness (QED) is 0.305. The number of halogens is 2. The fraction of sp³-hybridized carbons (Fsp3) is 0.310. The molecule has 0 aromatic heterocycles. The molecule has 0 spiro atoms. The molecular formula is C29H33Cl2N3O4S. The van der Waals surface area contributed by atoms with Gasteiger partial charge in [-0.25, -0.2) is 8.42 Å². The van der Waals surface area contributed by atoms with Crippen LogP contribution in [0.5, 0.6) is 0 Å². The highest BCUT2D eigenvalue weighted by atomic mass is 35.5. The number of hydrogen-bond donors (Lipinski definition) is 1. The third-order valence-electron chi connectivity index (χ3n) is 6.58. The van der Waals surface area contributed by atoms with Crippen molar-refractivity contribution in [2.75, 3.05) is 10.8 Å². The van der Waals surface area contributed by atoms with Gasteiger partial charge in [0.25, 0.3) is 10.0 Å². The summed E-state index contributed by atoms with van der Waals surface area (Å²) in [5, 5.41) is 3.71. The van der Waals surface area contributed by atoms with Crippen LogP contribution in [0.2, 0.25) is 10.0 Å². The molecule has 2 atom stereocenters. The third kappa shape index (κ3) is 7.32. The van der Waals surface area contributed by atoms with Crippen molar-refractivity contribution in [2.45, 2.75) is 57.6 Å². The van der Waals surface area contributed by atoms with Crippen LogP contribution in [-0.2, 0) is 26.2 Å². The summed E-state index contributed by atoms with van der Waals surface area (Å²) in [6.45, 7) is 6.60. The summed E-state index contributed by atoms with van der Waals surface area (Å²) in [6, 6.07) is 18.8. The smallest absolute Gasteiger partial charge is 0.264 e. The van der Waals surface area contributed by atoms with E-state index in [1.165, 1.54) is 17.0 Å². The molecule has 3 aromatic rings. The Bertz CT molecular complexity index is 1420. The number of nitrogens with one attached hydrogen (secondary N) is 1. The fourth-order valence-corrected chi connectivity index (χ4v) is 5.82. The van der Waals surface area contributed by atoms with Gasteiger partial charge in [0.05, 0.1) is 10.6 Å². The second-order valence-corrected chi connectivity index (χ2v) is 12.0. The van der Waals surface area contributed by atoms with Gasteiger partial charge in [-0.1, -0.05) is 72.6 Å². The summed E-state index contributed by atoms with van der Waals surface area (Å²) in [5.74, 6) is -0.915. The normalized spacial score (nSPS) is 12.9. The van der Waals surface area contributed by atoms with E-state index in [9.17, 15) is 18.0 Å². The van der Waals surface area contributed by atoms with Crippen LogP contribution in [0.1, 0.15) is 38.3 Å². The molecule has 1 N–H and O–H groups in total. The number of benzene rings is 3. The maximum Gasteiger partial charge on any atom is 0.264 e. The van der Waals surface area contributed by atoms with Gasteiger partial charge in [-0.15, -0.1) is 0 Å². The monoisotopic (exact) mass is 589 g/mol. The zero-order chi connectivity index (χ0) is 28.7. The molecule has 2 amide bonds. The predicted molar refractivity (Wildman–Crippen MR) is 157 cm³/mol. The average Bonchev–Trinajstić information content (AvgIpc) is 2.92. The molecule has 0 unspecified atom stereocenters. The van der Waals surface area contributed by atoms with Crippen LogP contribution in [0.4, 0.5) is 5.69 Å². The number of hydrogen-bond acceptors (Lipinski definition) is 4. The van der Waals surface area contributed by atoms with Crippen LogP contribution in [0.3, 0.4) is 0 Å². The van der Waals surface area contributed by atoms with Crippen molar-refractivity contribution in [1.29, 1.82) is 0 Å². The number of amides is 2. The van der Waals surface area contributed by atoms with E-state index in [0.717, 1.165) is 4.31 Å². The Labute approximate surface area is 240 Å². The Hall–Kier alpha value is -3.07. The zero-order valence-electron chi connectivity index (χ0n) is 22.4. The van der Waals surface area contributed by atoms with Crippen molar-refractivity contribution in [3.63, 3.8) is 0 Å². The Morgan fingerprint density at radius 3 is 2.15 bits per heavy atom. The first kappa shape index (κ1) is 30.5. The summed E-state index contributed by atoms with van der Waals surface area (Å²) in [4.78, 5) is 28.5. The van der Waals surface area contributed by atoms with E-state index in [0.29, 0.717) is 27.6 Å². The van der Waals surface area contributed by atoms with Crippen molar-refractivity contribution in [3.05, 3.63) is 94.0 Å². The highest BCUT2D eigenvalue weighted by Crippen LogP contribution is 2.31. The van der Waals surface area contributed by atoms with Crippen molar-refractivity contribution in [2.24, 2.45) is 0 Å². The van der Waals surface area contributed by atoms with E-state index in [1.807, 2.05) is 13.8 Å². The van der Waals surface area contributed by atoms with Crippen LogP contribution in [-0.4, -0.2) is 43.8 Å². The van der Waals surface area contributed by atoms with Gasteiger partial charge in [0, 0.05) is 22.6 Å². The molecular weight excluding hydrogens is 557 g/mol. The number of anilines is 1. The minimum Gasteiger partial charge on any atom is -0.352 e. The SMILES string of the molecule is CC[C@H](C)NC(=O)[C@@H](C)N(Cc1ccccc1Cl)C(=O)CN(c1cccc(Cl)c1C)S(=O)(=O)c1ccccc1. The van der Waals surface area contributed by atoms with Gasteiger partial charge in [0.15, 0.2) is 0 Å². The molecule has 7 nitrogen and oxygen atoms in total. The molecule has 0 aliphatic heterocycles. The number of carbonyl (C=O) groups is 2. The Kier molecular flexibility index (Phi) is 10.4. The summed E-state index contributed by atoms with van der Waals surface area (Å²) in [6.07, 6.45) is 0.716. The van der Waals surface area contributed by atoms with Crippen molar-refractivity contribution < 1.29 is 18.0 Å². The molecule has 0 bridgehead atoms. The lowest BCUT2D eigenvalue weighted by atomic mass is 10.1. The number of sulfonamides is 1. The van der Waals surface area contributed by atoms with Crippen molar-refractivity contribution in [3.8, 4) is 0 Å². The molecule has 10 heteroatoms. The minimum absolute atomic E-state index is 0.0152. The summed E-state index contributed by atoms with van der Waals surface area (Å²) in [5.41, 5.74) is 1.41. The van der Waals surface area contributed by atoms with Crippen LogP contribution >= 0.6 is 23.2 Å². The number of rotatable bonds is 11.